The Morgan fingerprint density at radius 3 is 2.92 bits per heavy atom. The summed E-state index contributed by atoms with van der Waals surface area (Å²) in [5.74, 6) is 0.998. The molecule has 0 N–H and O–H groups in total. The van der Waals surface area contributed by atoms with Gasteiger partial charge in [-0.05, 0) is 25.8 Å². The third-order valence-corrected chi connectivity index (χ3v) is 2.82. The average Bonchev–Trinajstić information content (AvgIpc) is 2.88. The van der Waals surface area contributed by atoms with Gasteiger partial charge in [-0.1, -0.05) is 0 Å². The first-order valence-corrected chi connectivity index (χ1v) is 5.08. The van der Waals surface area contributed by atoms with Gasteiger partial charge in [-0.2, -0.15) is 0 Å². The quantitative estimate of drug-likeness (QED) is 0.644. The van der Waals surface area contributed by atoms with Gasteiger partial charge in [0.2, 0.25) is 0 Å². The van der Waals surface area contributed by atoms with E-state index in [1.165, 1.54) is 12.8 Å². The summed E-state index contributed by atoms with van der Waals surface area (Å²) >= 11 is 0. The SMILES string of the molecule is CN1CCOC(C(=O)CC2CC2)C1. The van der Waals surface area contributed by atoms with Gasteiger partial charge in [0.15, 0.2) is 5.78 Å². The van der Waals surface area contributed by atoms with E-state index in [4.69, 9.17) is 4.74 Å². The van der Waals surface area contributed by atoms with Crippen LogP contribution < -0.4 is 0 Å². The normalized spacial score (nSPS) is 30.4. The minimum Gasteiger partial charge on any atom is -0.368 e. The Bertz CT molecular complexity index is 201. The van der Waals surface area contributed by atoms with Gasteiger partial charge < -0.3 is 9.64 Å². The number of rotatable bonds is 3. The van der Waals surface area contributed by atoms with Crippen molar-refractivity contribution in [3.8, 4) is 0 Å². The number of likely N-dealkylation sites (N-methyl/N-ethyl adjacent to an activating group) is 1. The predicted molar refractivity (Wildman–Crippen MR) is 49.6 cm³/mol. The lowest BCUT2D eigenvalue weighted by atomic mass is 10.1. The molecule has 0 radical (unpaired) electrons. The van der Waals surface area contributed by atoms with Crippen molar-refractivity contribution in [2.24, 2.45) is 5.92 Å². The van der Waals surface area contributed by atoms with Crippen LogP contribution in [-0.2, 0) is 9.53 Å². The van der Waals surface area contributed by atoms with Crippen molar-refractivity contribution < 1.29 is 9.53 Å². The van der Waals surface area contributed by atoms with Crippen LogP contribution in [0.4, 0.5) is 0 Å². The van der Waals surface area contributed by atoms with Crippen molar-refractivity contribution in [1.82, 2.24) is 4.90 Å². The number of Topliss-reactive ketones (excluding diaryl/α,β-unsaturated/α-hetero) is 1. The topological polar surface area (TPSA) is 29.5 Å². The Morgan fingerprint density at radius 2 is 2.31 bits per heavy atom. The molecule has 2 rings (SSSR count). The maximum Gasteiger partial charge on any atom is 0.163 e. The molecule has 1 saturated carbocycles. The van der Waals surface area contributed by atoms with E-state index in [0.717, 1.165) is 19.5 Å². The fourth-order valence-electron chi connectivity index (χ4n) is 1.71. The van der Waals surface area contributed by atoms with Gasteiger partial charge in [0.05, 0.1) is 6.61 Å². The Labute approximate surface area is 79.0 Å². The molecule has 3 nitrogen and oxygen atoms in total. The van der Waals surface area contributed by atoms with Crippen molar-refractivity contribution in [2.45, 2.75) is 25.4 Å². The molecule has 0 aromatic heterocycles. The van der Waals surface area contributed by atoms with Gasteiger partial charge in [0.1, 0.15) is 6.10 Å². The molecule has 0 aromatic rings. The highest BCUT2D eigenvalue weighted by molar-refractivity contribution is 5.83. The van der Waals surface area contributed by atoms with Crippen LogP contribution in [0.15, 0.2) is 0 Å². The van der Waals surface area contributed by atoms with Crippen LogP contribution in [0, 0.1) is 5.92 Å². The first-order chi connectivity index (χ1) is 6.25. The third kappa shape index (κ3) is 2.51. The Kier molecular flexibility index (Phi) is 2.65. The van der Waals surface area contributed by atoms with E-state index in [1.54, 1.807) is 0 Å². The van der Waals surface area contributed by atoms with Gasteiger partial charge in [-0.15, -0.1) is 0 Å². The smallest absolute Gasteiger partial charge is 0.163 e. The highest BCUT2D eigenvalue weighted by atomic mass is 16.5. The molecule has 1 atom stereocenters. The van der Waals surface area contributed by atoms with Crippen molar-refractivity contribution >= 4 is 5.78 Å². The van der Waals surface area contributed by atoms with Gasteiger partial charge in [0.25, 0.3) is 0 Å². The van der Waals surface area contributed by atoms with Crippen LogP contribution in [-0.4, -0.2) is 43.5 Å². The largest absolute Gasteiger partial charge is 0.368 e. The molecular weight excluding hydrogens is 166 g/mol. The van der Waals surface area contributed by atoms with Crippen LogP contribution >= 0.6 is 0 Å². The molecule has 1 saturated heterocycles. The van der Waals surface area contributed by atoms with E-state index in [2.05, 4.69) is 4.90 Å². The summed E-state index contributed by atoms with van der Waals surface area (Å²) in [5.41, 5.74) is 0. The minimum atomic E-state index is -0.139. The van der Waals surface area contributed by atoms with Crippen LogP contribution in [0.25, 0.3) is 0 Å². The zero-order valence-corrected chi connectivity index (χ0v) is 8.16. The molecule has 0 spiro atoms. The molecule has 1 heterocycles. The fourth-order valence-corrected chi connectivity index (χ4v) is 1.71. The predicted octanol–water partition coefficient (Wildman–Crippen LogP) is 0.686. The number of ketones is 1. The van der Waals surface area contributed by atoms with E-state index >= 15 is 0 Å². The molecular formula is C10H17NO2. The van der Waals surface area contributed by atoms with E-state index in [-0.39, 0.29) is 6.10 Å². The van der Waals surface area contributed by atoms with Crippen LogP contribution in [0.1, 0.15) is 19.3 Å². The second-order valence-electron chi connectivity index (χ2n) is 4.24. The lowest BCUT2D eigenvalue weighted by Crippen LogP contribution is -2.44. The lowest BCUT2D eigenvalue weighted by Gasteiger charge is -2.29. The average molecular weight is 183 g/mol. The van der Waals surface area contributed by atoms with Crippen LogP contribution in [0.5, 0.6) is 0 Å². The number of hydrogen-bond donors (Lipinski definition) is 0. The second-order valence-corrected chi connectivity index (χ2v) is 4.24. The van der Waals surface area contributed by atoms with Crippen LogP contribution in [0.2, 0.25) is 0 Å². The number of ether oxygens (including phenoxy) is 1. The Balaban J connectivity index is 1.80. The van der Waals surface area contributed by atoms with Gasteiger partial charge in [-0.25, -0.2) is 0 Å². The number of morpholine rings is 1. The lowest BCUT2D eigenvalue weighted by molar-refractivity contribution is -0.135. The zero-order valence-electron chi connectivity index (χ0n) is 8.16. The second kappa shape index (κ2) is 3.76. The first-order valence-electron chi connectivity index (χ1n) is 5.08. The van der Waals surface area contributed by atoms with Crippen molar-refractivity contribution in [2.75, 3.05) is 26.7 Å². The van der Waals surface area contributed by atoms with E-state index in [1.807, 2.05) is 7.05 Å². The number of nitrogens with zero attached hydrogens (tertiary/aromatic N) is 1. The fraction of sp³-hybridized carbons (Fsp3) is 0.900. The number of carbonyl (C=O) groups is 1. The highest BCUT2D eigenvalue weighted by Gasteiger charge is 2.30. The van der Waals surface area contributed by atoms with E-state index < -0.39 is 0 Å². The number of hydrogen-bond acceptors (Lipinski definition) is 3. The molecule has 13 heavy (non-hydrogen) atoms. The Hall–Kier alpha value is -0.410. The van der Waals surface area contributed by atoms with E-state index in [0.29, 0.717) is 18.3 Å². The molecule has 2 fully saturated rings. The molecule has 1 aliphatic carbocycles. The number of carbonyl (C=O) groups excluding carboxylic acids is 1. The summed E-state index contributed by atoms with van der Waals surface area (Å²) in [6.45, 7) is 2.44. The molecule has 2 aliphatic rings. The molecule has 0 amide bonds. The summed E-state index contributed by atoms with van der Waals surface area (Å²) in [6.07, 6.45) is 3.10. The van der Waals surface area contributed by atoms with Gasteiger partial charge in [0, 0.05) is 19.5 Å². The van der Waals surface area contributed by atoms with Crippen molar-refractivity contribution in [3.05, 3.63) is 0 Å². The summed E-state index contributed by atoms with van der Waals surface area (Å²) < 4.78 is 5.45. The summed E-state index contributed by atoms with van der Waals surface area (Å²) in [5, 5.41) is 0. The molecule has 1 unspecified atom stereocenters. The van der Waals surface area contributed by atoms with E-state index in [9.17, 15) is 4.79 Å². The molecule has 0 bridgehead atoms. The summed E-state index contributed by atoms with van der Waals surface area (Å²) in [6, 6.07) is 0. The monoisotopic (exact) mass is 183 g/mol. The summed E-state index contributed by atoms with van der Waals surface area (Å²) in [4.78, 5) is 13.8. The maximum atomic E-state index is 11.6. The Morgan fingerprint density at radius 1 is 1.54 bits per heavy atom. The maximum absolute atomic E-state index is 11.6. The molecule has 0 aromatic carbocycles. The minimum absolute atomic E-state index is 0.139. The molecule has 74 valence electrons. The van der Waals surface area contributed by atoms with Crippen molar-refractivity contribution in [3.63, 3.8) is 0 Å². The molecule has 1 aliphatic heterocycles. The molecule has 3 heteroatoms. The van der Waals surface area contributed by atoms with Gasteiger partial charge >= 0.3 is 0 Å². The third-order valence-electron chi connectivity index (χ3n) is 2.82. The zero-order chi connectivity index (χ0) is 9.26. The summed E-state index contributed by atoms with van der Waals surface area (Å²) in [7, 11) is 2.04. The van der Waals surface area contributed by atoms with Crippen molar-refractivity contribution in [1.29, 1.82) is 0 Å². The first kappa shape index (κ1) is 9.16. The standard InChI is InChI=1S/C10H17NO2/c1-11-4-5-13-10(7-11)9(12)6-8-2-3-8/h8,10H,2-7H2,1H3. The highest BCUT2D eigenvalue weighted by Crippen LogP contribution is 2.33. The van der Waals surface area contributed by atoms with Crippen LogP contribution in [0.3, 0.4) is 0 Å². The van der Waals surface area contributed by atoms with Gasteiger partial charge in [-0.3, -0.25) is 4.79 Å².